The van der Waals surface area contributed by atoms with Crippen molar-refractivity contribution in [2.75, 3.05) is 38.6 Å². The number of H-pyrrole nitrogens is 2. The number of anilines is 1. The SMILES string of the molecule is CCc1ccccc1OC[C@H](O)CNc1cc[nH]c(=O)c1-c1nc2cc3c(cc2[nH]1)CN(C1CCN(C)CC1)C3=O. The molecule has 2 aliphatic rings. The van der Waals surface area contributed by atoms with Gasteiger partial charge in [0.05, 0.1) is 16.7 Å². The molecule has 4 heterocycles. The zero-order valence-corrected chi connectivity index (χ0v) is 23.4. The third-order valence-electron chi connectivity index (χ3n) is 8.18. The number of likely N-dealkylation sites (tertiary alicyclic amines) is 1. The summed E-state index contributed by atoms with van der Waals surface area (Å²) in [7, 11) is 2.12. The van der Waals surface area contributed by atoms with Crippen molar-refractivity contribution in [1.82, 2.24) is 24.8 Å². The minimum Gasteiger partial charge on any atom is -0.491 e. The number of imidazole rings is 1. The van der Waals surface area contributed by atoms with Gasteiger partial charge in [0.1, 0.15) is 29.8 Å². The van der Waals surface area contributed by atoms with Gasteiger partial charge in [0.2, 0.25) is 0 Å². The third kappa shape index (κ3) is 5.45. The van der Waals surface area contributed by atoms with Crippen LogP contribution in [0.4, 0.5) is 5.69 Å². The maximum Gasteiger partial charge on any atom is 0.261 e. The summed E-state index contributed by atoms with van der Waals surface area (Å²) in [6.07, 6.45) is 3.56. The number of pyridine rings is 1. The van der Waals surface area contributed by atoms with Gasteiger partial charge in [0.15, 0.2) is 0 Å². The van der Waals surface area contributed by atoms with Crippen LogP contribution >= 0.6 is 0 Å². The second kappa shape index (κ2) is 11.4. The van der Waals surface area contributed by atoms with Crippen molar-refractivity contribution in [1.29, 1.82) is 0 Å². The van der Waals surface area contributed by atoms with Gasteiger partial charge in [0.25, 0.3) is 11.5 Å². The van der Waals surface area contributed by atoms with E-state index in [0.717, 1.165) is 54.7 Å². The highest BCUT2D eigenvalue weighted by molar-refractivity contribution is 6.02. The first kappa shape index (κ1) is 27.0. The van der Waals surface area contributed by atoms with Gasteiger partial charge in [-0.25, -0.2) is 4.98 Å². The number of nitrogens with zero attached hydrogens (tertiary/aromatic N) is 3. The maximum absolute atomic E-state index is 13.3. The molecule has 1 fully saturated rings. The number of carbonyl (C=O) groups excluding carboxylic acids is 1. The molecule has 214 valence electrons. The molecule has 1 amide bonds. The van der Waals surface area contributed by atoms with E-state index in [1.54, 1.807) is 12.3 Å². The van der Waals surface area contributed by atoms with Gasteiger partial charge >= 0.3 is 0 Å². The van der Waals surface area contributed by atoms with Crippen LogP contribution in [0, 0.1) is 0 Å². The lowest BCUT2D eigenvalue weighted by molar-refractivity contribution is 0.0617. The van der Waals surface area contributed by atoms with Crippen molar-refractivity contribution >= 4 is 22.6 Å². The molecule has 0 saturated carbocycles. The Hall–Kier alpha value is -4.15. The lowest BCUT2D eigenvalue weighted by Gasteiger charge is -2.34. The van der Waals surface area contributed by atoms with E-state index in [1.165, 1.54) is 0 Å². The van der Waals surface area contributed by atoms with Gasteiger partial charge in [0, 0.05) is 30.9 Å². The standard InChI is InChI=1S/C31H36N6O4/c1-3-19-6-4-5-7-27(19)41-18-22(38)16-33-24-8-11-32-30(39)28(24)29-34-25-14-20-17-37(21-9-12-36(2)13-10-21)31(40)23(20)15-26(25)35-29/h4-8,11,14-15,21-22,38H,3,9-10,12-13,16-18H2,1-2H3,(H,34,35)(H2,32,33,39)/t22-/m1/s1. The number of para-hydroxylation sites is 1. The Morgan fingerprint density at radius 2 is 1.98 bits per heavy atom. The van der Waals surface area contributed by atoms with Crippen LogP contribution in [0.25, 0.3) is 22.4 Å². The lowest BCUT2D eigenvalue weighted by atomic mass is 10.0. The molecule has 4 N–H and O–H groups in total. The first-order valence-corrected chi connectivity index (χ1v) is 14.3. The molecule has 2 aliphatic heterocycles. The summed E-state index contributed by atoms with van der Waals surface area (Å²) in [6, 6.07) is 13.6. The highest BCUT2D eigenvalue weighted by atomic mass is 16.5. The molecule has 41 heavy (non-hydrogen) atoms. The normalized spacial score (nSPS) is 16.8. The van der Waals surface area contributed by atoms with E-state index in [9.17, 15) is 14.7 Å². The Bertz CT molecular complexity index is 1620. The van der Waals surface area contributed by atoms with Crippen LogP contribution in [0.2, 0.25) is 0 Å². The molecule has 0 unspecified atom stereocenters. The van der Waals surface area contributed by atoms with E-state index >= 15 is 0 Å². The van der Waals surface area contributed by atoms with Crippen LogP contribution < -0.4 is 15.6 Å². The number of nitrogens with one attached hydrogen (secondary N) is 3. The summed E-state index contributed by atoms with van der Waals surface area (Å²) in [5, 5.41) is 13.8. The number of aromatic nitrogens is 3. The van der Waals surface area contributed by atoms with Gasteiger partial charge in [-0.3, -0.25) is 9.59 Å². The fourth-order valence-electron chi connectivity index (χ4n) is 5.83. The summed E-state index contributed by atoms with van der Waals surface area (Å²) >= 11 is 0. The average molecular weight is 557 g/mol. The predicted octanol–water partition coefficient (Wildman–Crippen LogP) is 3.38. The number of benzene rings is 2. The first-order chi connectivity index (χ1) is 19.9. The molecule has 0 radical (unpaired) electrons. The molecule has 4 aromatic rings. The number of piperidine rings is 1. The fourth-order valence-corrected chi connectivity index (χ4v) is 5.83. The van der Waals surface area contributed by atoms with Crippen LogP contribution in [0.3, 0.4) is 0 Å². The number of aliphatic hydroxyl groups is 1. The Labute approximate surface area is 238 Å². The summed E-state index contributed by atoms with van der Waals surface area (Å²) in [6.45, 7) is 4.93. The molecular formula is C31H36N6O4. The van der Waals surface area contributed by atoms with Crippen molar-refractivity contribution in [2.45, 2.75) is 44.9 Å². The highest BCUT2D eigenvalue weighted by Gasteiger charge is 2.34. The van der Waals surface area contributed by atoms with Crippen molar-refractivity contribution in [3.8, 4) is 17.1 Å². The molecule has 0 bridgehead atoms. The van der Waals surface area contributed by atoms with E-state index < -0.39 is 6.10 Å². The number of carbonyl (C=O) groups is 1. The van der Waals surface area contributed by atoms with E-state index in [0.29, 0.717) is 34.7 Å². The van der Waals surface area contributed by atoms with Crippen molar-refractivity contribution in [2.24, 2.45) is 0 Å². The molecule has 10 nitrogen and oxygen atoms in total. The number of hydrogen-bond donors (Lipinski definition) is 4. The molecular weight excluding hydrogens is 520 g/mol. The molecule has 6 rings (SSSR count). The summed E-state index contributed by atoms with van der Waals surface area (Å²) in [5.74, 6) is 1.21. The number of aliphatic hydroxyl groups excluding tert-OH is 1. The van der Waals surface area contributed by atoms with Crippen LogP contribution in [-0.4, -0.2) is 81.2 Å². The van der Waals surface area contributed by atoms with E-state index in [-0.39, 0.29) is 30.7 Å². The van der Waals surface area contributed by atoms with Gasteiger partial charge < -0.3 is 34.9 Å². The molecule has 0 spiro atoms. The average Bonchev–Trinajstić information content (AvgIpc) is 3.54. The summed E-state index contributed by atoms with van der Waals surface area (Å²) < 4.78 is 5.85. The second-order valence-electron chi connectivity index (χ2n) is 11.0. The van der Waals surface area contributed by atoms with Crippen molar-refractivity contribution in [3.63, 3.8) is 0 Å². The van der Waals surface area contributed by atoms with E-state index in [4.69, 9.17) is 9.72 Å². The van der Waals surface area contributed by atoms with Crippen LogP contribution in [0.15, 0.2) is 53.5 Å². The van der Waals surface area contributed by atoms with E-state index in [1.807, 2.05) is 41.3 Å². The second-order valence-corrected chi connectivity index (χ2v) is 11.0. The highest BCUT2D eigenvalue weighted by Crippen LogP contribution is 2.32. The third-order valence-corrected chi connectivity index (χ3v) is 8.18. The zero-order chi connectivity index (χ0) is 28.5. The van der Waals surface area contributed by atoms with Crippen LogP contribution in [-0.2, 0) is 13.0 Å². The number of fused-ring (bicyclic) bond motifs is 2. The quantitative estimate of drug-likeness (QED) is 0.249. The minimum absolute atomic E-state index is 0.0543. The van der Waals surface area contributed by atoms with Gasteiger partial charge in [-0.1, -0.05) is 25.1 Å². The molecule has 0 aliphatic carbocycles. The van der Waals surface area contributed by atoms with Crippen LogP contribution in [0.5, 0.6) is 5.75 Å². The molecule has 1 saturated heterocycles. The largest absolute Gasteiger partial charge is 0.491 e. The number of aromatic amines is 2. The number of hydrogen-bond acceptors (Lipinski definition) is 7. The summed E-state index contributed by atoms with van der Waals surface area (Å²) in [4.78, 5) is 41.3. The predicted molar refractivity (Wildman–Crippen MR) is 158 cm³/mol. The smallest absolute Gasteiger partial charge is 0.261 e. The first-order valence-electron chi connectivity index (χ1n) is 14.3. The molecule has 1 atom stereocenters. The van der Waals surface area contributed by atoms with E-state index in [2.05, 4.69) is 34.2 Å². The molecule has 10 heteroatoms. The number of ether oxygens (including phenoxy) is 1. The van der Waals surface area contributed by atoms with Gasteiger partial charge in [-0.2, -0.15) is 0 Å². The monoisotopic (exact) mass is 556 g/mol. The Morgan fingerprint density at radius 3 is 2.78 bits per heavy atom. The fraction of sp³-hybridized carbons (Fsp3) is 0.387. The summed E-state index contributed by atoms with van der Waals surface area (Å²) in [5.41, 5.74) is 4.71. The topological polar surface area (TPSA) is 127 Å². The number of aryl methyl sites for hydroxylation is 1. The lowest BCUT2D eigenvalue weighted by Crippen LogP contribution is -2.43. The van der Waals surface area contributed by atoms with Crippen molar-refractivity contribution < 1.29 is 14.6 Å². The van der Waals surface area contributed by atoms with Crippen LogP contribution in [0.1, 0.15) is 41.3 Å². The molecule has 2 aromatic carbocycles. The number of rotatable bonds is 9. The van der Waals surface area contributed by atoms with Gasteiger partial charge in [-0.05, 0) is 74.8 Å². The maximum atomic E-state index is 13.3. The Morgan fingerprint density at radius 1 is 1.17 bits per heavy atom. The zero-order valence-electron chi connectivity index (χ0n) is 23.4. The Kier molecular flexibility index (Phi) is 7.51. The number of amides is 1. The van der Waals surface area contributed by atoms with Crippen molar-refractivity contribution in [3.05, 3.63) is 75.7 Å². The van der Waals surface area contributed by atoms with Gasteiger partial charge in [-0.15, -0.1) is 0 Å². The minimum atomic E-state index is -0.802. The molecule has 2 aromatic heterocycles. The Balaban J connectivity index is 1.18.